The fourth-order valence-corrected chi connectivity index (χ4v) is 8.90. The number of anilines is 2. The van der Waals surface area contributed by atoms with Crippen molar-refractivity contribution in [2.75, 3.05) is 63.1 Å². The number of nitrogens with two attached hydrogens (primary N) is 1. The lowest BCUT2D eigenvalue weighted by Gasteiger charge is -2.39. The Morgan fingerprint density at radius 1 is 1.14 bits per heavy atom. The lowest BCUT2D eigenvalue weighted by molar-refractivity contribution is -0.0131. The Labute approximate surface area is 297 Å². The van der Waals surface area contributed by atoms with E-state index in [9.17, 15) is 18.8 Å². The molecule has 4 saturated heterocycles. The number of amides is 2. The summed E-state index contributed by atoms with van der Waals surface area (Å²) in [7, 11) is 0. The van der Waals surface area contributed by atoms with Gasteiger partial charge in [0.25, 0.3) is 5.92 Å². The third-order valence-corrected chi connectivity index (χ3v) is 11.5. The normalized spacial score (nSPS) is 24.8. The number of carbonyl (C=O) groups is 1. The molecule has 4 fully saturated rings. The maximum atomic E-state index is 16.9. The molecule has 51 heavy (non-hydrogen) atoms. The molecule has 4 aliphatic heterocycles. The second kappa shape index (κ2) is 12.4. The number of aromatic nitrogens is 3. The van der Waals surface area contributed by atoms with Crippen molar-refractivity contribution in [2.45, 2.75) is 49.4 Å². The van der Waals surface area contributed by atoms with Crippen molar-refractivity contribution in [1.82, 2.24) is 29.7 Å². The quantitative estimate of drug-likeness (QED) is 0.250. The number of hydrogen-bond donors (Lipinski definition) is 1. The Hall–Kier alpha value is -4.27. The minimum atomic E-state index is -3.44. The number of nitriles is 1. The van der Waals surface area contributed by atoms with Crippen LogP contribution < -0.4 is 15.4 Å². The zero-order chi connectivity index (χ0) is 35.8. The van der Waals surface area contributed by atoms with Gasteiger partial charge in [-0.05, 0) is 44.0 Å². The number of likely N-dealkylation sites (tertiary alicyclic amines) is 1. The molecule has 2 aromatic heterocycles. The van der Waals surface area contributed by atoms with E-state index in [1.807, 2.05) is 11.0 Å². The van der Waals surface area contributed by atoms with Crippen LogP contribution in [-0.2, 0) is 0 Å². The van der Waals surface area contributed by atoms with Crippen LogP contribution in [0, 0.1) is 23.0 Å². The third-order valence-electron chi connectivity index (χ3n) is 10.3. The smallest absolute Gasteiger partial charge is 0.321 e. The summed E-state index contributed by atoms with van der Waals surface area (Å²) in [5.41, 5.74) is 5.03. The van der Waals surface area contributed by atoms with Gasteiger partial charge in [-0.2, -0.15) is 15.2 Å². The Bertz CT molecular complexity index is 2120. The van der Waals surface area contributed by atoms with Crippen molar-refractivity contribution < 1.29 is 31.5 Å². The maximum Gasteiger partial charge on any atom is 0.321 e. The standard InChI is InChI=1S/C33H31ClF5N9O2S/c34-21-10-20-25(24(37)23(21)19-2-3-22(36)27-26(19)42-29(41)51-27)43-30(50-16-32-5-1-6-47(32)13-17(35)11-32)44-28(20)45-8-9-46(15-33(38,39)14-45)31(49)48-7-4-18(48)12-40/h2-3,10,17-18H,1,4-9,11,13-16H2,(H2,41,42)/t17-,18+,32+/m1/s1. The van der Waals surface area contributed by atoms with E-state index in [1.54, 1.807) is 0 Å². The first-order valence-corrected chi connectivity index (χ1v) is 17.7. The maximum absolute atomic E-state index is 16.9. The van der Waals surface area contributed by atoms with Gasteiger partial charge in [-0.3, -0.25) is 4.90 Å². The van der Waals surface area contributed by atoms with E-state index in [-0.39, 0.29) is 93.4 Å². The number of urea groups is 1. The average molecular weight is 748 g/mol. The van der Waals surface area contributed by atoms with Crippen LogP contribution in [0.25, 0.3) is 32.2 Å². The molecule has 2 N–H and O–H groups in total. The number of halogens is 6. The molecule has 4 aromatic rings. The number of rotatable bonds is 5. The van der Waals surface area contributed by atoms with Crippen LogP contribution in [0.2, 0.25) is 5.02 Å². The van der Waals surface area contributed by atoms with Crippen LogP contribution in [0.4, 0.5) is 37.7 Å². The minimum absolute atomic E-state index is 0.00189. The molecular formula is C33H31ClF5N9O2S. The molecule has 3 atom stereocenters. The fourth-order valence-electron chi connectivity index (χ4n) is 7.84. The lowest BCUT2D eigenvalue weighted by atomic mass is 9.95. The third kappa shape index (κ3) is 5.81. The van der Waals surface area contributed by atoms with Crippen molar-refractivity contribution in [3.63, 3.8) is 0 Å². The topological polar surface area (TPSA) is 128 Å². The van der Waals surface area contributed by atoms with Crippen LogP contribution >= 0.6 is 22.9 Å². The van der Waals surface area contributed by atoms with Gasteiger partial charge in [-0.1, -0.05) is 22.9 Å². The molecule has 0 unspecified atom stereocenters. The molecule has 0 bridgehead atoms. The van der Waals surface area contributed by atoms with E-state index in [0.717, 1.165) is 28.7 Å². The van der Waals surface area contributed by atoms with E-state index in [0.29, 0.717) is 19.4 Å². The first kappa shape index (κ1) is 33.9. The number of hydrogen-bond acceptors (Lipinski definition) is 10. The molecule has 18 heteroatoms. The minimum Gasteiger partial charge on any atom is -0.461 e. The Morgan fingerprint density at radius 3 is 2.73 bits per heavy atom. The monoisotopic (exact) mass is 747 g/mol. The van der Waals surface area contributed by atoms with Crippen molar-refractivity contribution in [3.8, 4) is 23.2 Å². The number of benzene rings is 2. The summed E-state index contributed by atoms with van der Waals surface area (Å²) in [5.74, 6) is -5.09. The average Bonchev–Trinajstić information content (AvgIpc) is 3.70. The van der Waals surface area contributed by atoms with Gasteiger partial charge in [-0.15, -0.1) is 0 Å². The van der Waals surface area contributed by atoms with Crippen molar-refractivity contribution in [2.24, 2.45) is 0 Å². The largest absolute Gasteiger partial charge is 0.461 e. The van der Waals surface area contributed by atoms with Gasteiger partial charge < -0.3 is 25.2 Å². The summed E-state index contributed by atoms with van der Waals surface area (Å²) < 4.78 is 83.6. The SMILES string of the molecule is N#C[C@@H]1CCN1C(=O)N1CCN(c2nc(OC[C@@]34CCCN3C[C@H](F)C4)nc3c(F)c(-c4ccc(F)c5sc(N)nc45)c(Cl)cc23)CC(F)(F)C1. The summed E-state index contributed by atoms with van der Waals surface area (Å²) in [5, 5.41) is 9.24. The molecule has 268 valence electrons. The van der Waals surface area contributed by atoms with E-state index >= 15 is 13.2 Å². The van der Waals surface area contributed by atoms with Crippen LogP contribution in [0.5, 0.6) is 6.01 Å². The van der Waals surface area contributed by atoms with Crippen molar-refractivity contribution >= 4 is 61.0 Å². The molecule has 2 aromatic carbocycles. The van der Waals surface area contributed by atoms with Crippen LogP contribution in [0.3, 0.4) is 0 Å². The highest BCUT2D eigenvalue weighted by Gasteiger charge is 2.49. The van der Waals surface area contributed by atoms with E-state index < -0.39 is 54.4 Å². The molecule has 8 rings (SSSR count). The first-order chi connectivity index (χ1) is 24.4. The second-order valence-electron chi connectivity index (χ2n) is 13.6. The Balaban J connectivity index is 1.22. The molecule has 0 spiro atoms. The molecule has 2 amide bonds. The van der Waals surface area contributed by atoms with Crippen LogP contribution in [0.1, 0.15) is 25.7 Å². The van der Waals surface area contributed by atoms with Crippen LogP contribution in [-0.4, -0.2) is 112 Å². The van der Waals surface area contributed by atoms with Gasteiger partial charge in [0.05, 0.1) is 39.9 Å². The van der Waals surface area contributed by atoms with Gasteiger partial charge in [0.1, 0.15) is 36.0 Å². The summed E-state index contributed by atoms with van der Waals surface area (Å²) in [6.45, 7) is -0.818. The predicted octanol–water partition coefficient (Wildman–Crippen LogP) is 5.85. The summed E-state index contributed by atoms with van der Waals surface area (Å²) in [6, 6.07) is 4.17. The number of ether oxygens (including phenoxy) is 1. The lowest BCUT2D eigenvalue weighted by Crippen LogP contribution is -2.57. The highest BCUT2D eigenvalue weighted by molar-refractivity contribution is 7.22. The summed E-state index contributed by atoms with van der Waals surface area (Å²) in [4.78, 5) is 31.8. The van der Waals surface area contributed by atoms with Crippen molar-refractivity contribution in [1.29, 1.82) is 5.26 Å². The molecular weight excluding hydrogens is 717 g/mol. The predicted molar refractivity (Wildman–Crippen MR) is 181 cm³/mol. The molecule has 0 aliphatic carbocycles. The van der Waals surface area contributed by atoms with Crippen LogP contribution in [0.15, 0.2) is 18.2 Å². The first-order valence-electron chi connectivity index (χ1n) is 16.5. The van der Waals surface area contributed by atoms with Gasteiger partial charge in [0.15, 0.2) is 10.9 Å². The van der Waals surface area contributed by atoms with Crippen molar-refractivity contribution in [3.05, 3.63) is 34.9 Å². The van der Waals surface area contributed by atoms with E-state index in [1.165, 1.54) is 21.9 Å². The van der Waals surface area contributed by atoms with E-state index in [2.05, 4.69) is 15.0 Å². The van der Waals surface area contributed by atoms with Gasteiger partial charge in [0.2, 0.25) is 0 Å². The molecule has 11 nitrogen and oxygen atoms in total. The number of nitrogen functional groups attached to an aromatic ring is 1. The van der Waals surface area contributed by atoms with Gasteiger partial charge in [-0.25, -0.2) is 31.7 Å². The zero-order valence-electron chi connectivity index (χ0n) is 27.0. The molecule has 6 heterocycles. The number of fused-ring (bicyclic) bond motifs is 3. The highest BCUT2D eigenvalue weighted by atomic mass is 35.5. The summed E-state index contributed by atoms with van der Waals surface area (Å²) in [6.07, 6.45) is 1.18. The highest BCUT2D eigenvalue weighted by Crippen LogP contribution is 2.44. The number of carbonyl (C=O) groups excluding carboxylic acids is 1. The molecule has 0 saturated carbocycles. The number of nitrogens with zero attached hydrogens (tertiary/aromatic N) is 8. The molecule has 0 radical (unpaired) electrons. The fraction of sp³-hybridized carbons (Fsp3) is 0.485. The summed E-state index contributed by atoms with van der Waals surface area (Å²) >= 11 is 7.62. The van der Waals surface area contributed by atoms with Gasteiger partial charge in [0, 0.05) is 49.1 Å². The zero-order valence-corrected chi connectivity index (χ0v) is 28.6. The van der Waals surface area contributed by atoms with Gasteiger partial charge >= 0.3 is 12.0 Å². The Morgan fingerprint density at radius 2 is 1.96 bits per heavy atom. The Kier molecular flexibility index (Phi) is 8.26. The number of thiazole rings is 1. The molecule has 4 aliphatic rings. The second-order valence-corrected chi connectivity index (χ2v) is 15.0. The van der Waals surface area contributed by atoms with E-state index in [4.69, 9.17) is 22.1 Å². The number of alkyl halides is 3.